The van der Waals surface area contributed by atoms with Crippen LogP contribution in [0.3, 0.4) is 0 Å². The van der Waals surface area contributed by atoms with Gasteiger partial charge in [0.05, 0.1) is 31.5 Å². The van der Waals surface area contributed by atoms with Crippen molar-refractivity contribution in [3.63, 3.8) is 0 Å². The Labute approximate surface area is 273 Å². The van der Waals surface area contributed by atoms with Crippen molar-refractivity contribution in [2.24, 2.45) is 49.7 Å². The Morgan fingerprint density at radius 3 is 2.22 bits per heavy atom. The van der Waals surface area contributed by atoms with Crippen LogP contribution in [0.25, 0.3) is 0 Å². The summed E-state index contributed by atoms with van der Waals surface area (Å²) in [7, 11) is 0. The third kappa shape index (κ3) is 4.26. The molecule has 0 bridgehead atoms. The summed E-state index contributed by atoms with van der Waals surface area (Å²) in [5.41, 5.74) is -3.36. The SMILES string of the molecule is CC1(C)CC[C@]2(C(=O)O)[C@@H](O)C[C@]3(C)C(=CC[C@@H]4[C@@]5(C)CC[C@H](O[C@@H]6OC[C@H](O)[C@H](O)[C@H]6O)[C@@](C)(CO)[C@@H]5[C@H](O)C[C@]43C)[C@]2(C)C1. The van der Waals surface area contributed by atoms with Crippen LogP contribution in [0.1, 0.15) is 99.8 Å². The molecule has 0 radical (unpaired) electrons. The topological polar surface area (TPSA) is 177 Å². The highest BCUT2D eigenvalue weighted by molar-refractivity contribution is 5.79. The van der Waals surface area contributed by atoms with Gasteiger partial charge < -0.3 is 45.2 Å². The van der Waals surface area contributed by atoms with Crippen LogP contribution in [0.5, 0.6) is 0 Å². The van der Waals surface area contributed by atoms with Crippen LogP contribution in [0.2, 0.25) is 0 Å². The molecule has 4 saturated carbocycles. The Hall–Kier alpha value is -1.11. The predicted octanol–water partition coefficient (Wildman–Crippen LogP) is 3.00. The first-order valence-electron chi connectivity index (χ1n) is 17.4. The van der Waals surface area contributed by atoms with E-state index in [0.29, 0.717) is 44.9 Å². The van der Waals surface area contributed by atoms with Gasteiger partial charge in [-0.25, -0.2) is 0 Å². The summed E-state index contributed by atoms with van der Waals surface area (Å²) in [6.07, 6.45) is -0.938. The van der Waals surface area contributed by atoms with E-state index in [2.05, 4.69) is 47.6 Å². The van der Waals surface area contributed by atoms with Crippen LogP contribution in [-0.4, -0.2) is 97.8 Å². The van der Waals surface area contributed by atoms with Crippen molar-refractivity contribution in [1.29, 1.82) is 0 Å². The Morgan fingerprint density at radius 1 is 0.913 bits per heavy atom. The zero-order valence-corrected chi connectivity index (χ0v) is 28.7. The molecule has 6 rings (SSSR count). The highest BCUT2D eigenvalue weighted by atomic mass is 16.7. The van der Waals surface area contributed by atoms with Crippen molar-refractivity contribution in [2.45, 2.75) is 143 Å². The number of carboxylic acid groups (broad SMARTS) is 1. The zero-order valence-electron chi connectivity index (χ0n) is 28.7. The first-order valence-corrected chi connectivity index (χ1v) is 17.4. The third-order valence-corrected chi connectivity index (χ3v) is 15.4. The van der Waals surface area contributed by atoms with Gasteiger partial charge in [-0.15, -0.1) is 0 Å². The van der Waals surface area contributed by atoms with E-state index in [1.807, 2.05) is 6.92 Å². The van der Waals surface area contributed by atoms with Crippen molar-refractivity contribution in [2.75, 3.05) is 13.2 Å². The van der Waals surface area contributed by atoms with Gasteiger partial charge in [-0.3, -0.25) is 4.79 Å². The Kier molecular flexibility index (Phi) is 8.08. The number of carbonyl (C=O) groups is 1. The molecule has 0 aromatic heterocycles. The van der Waals surface area contributed by atoms with Crippen molar-refractivity contribution >= 4 is 5.97 Å². The molecule has 1 heterocycles. The molecule has 10 nitrogen and oxygen atoms in total. The molecule has 1 aliphatic heterocycles. The van der Waals surface area contributed by atoms with E-state index in [4.69, 9.17) is 9.47 Å². The fourth-order valence-electron chi connectivity index (χ4n) is 13.1. The van der Waals surface area contributed by atoms with Crippen LogP contribution in [0.15, 0.2) is 11.6 Å². The molecule has 6 aliphatic rings. The van der Waals surface area contributed by atoms with Gasteiger partial charge in [-0.1, -0.05) is 60.1 Å². The third-order valence-electron chi connectivity index (χ3n) is 15.4. The smallest absolute Gasteiger partial charge is 0.313 e. The summed E-state index contributed by atoms with van der Waals surface area (Å²) in [6, 6.07) is 0. The molecule has 0 amide bonds. The molecule has 0 unspecified atom stereocenters. The molecule has 0 aromatic carbocycles. The Balaban J connectivity index is 1.39. The number of aliphatic hydroxyl groups excluding tert-OH is 6. The normalized spacial score (nSPS) is 56.5. The number of ether oxygens (including phenoxy) is 2. The van der Waals surface area contributed by atoms with Gasteiger partial charge in [0, 0.05) is 16.7 Å². The maximum absolute atomic E-state index is 13.2. The summed E-state index contributed by atoms with van der Waals surface area (Å²) in [5.74, 6) is -1.21. The van der Waals surface area contributed by atoms with E-state index >= 15 is 0 Å². The first kappa shape index (κ1) is 34.7. The lowest BCUT2D eigenvalue weighted by molar-refractivity contribution is -0.321. The average molecular weight is 651 g/mol. The van der Waals surface area contributed by atoms with Gasteiger partial charge in [0.1, 0.15) is 23.7 Å². The summed E-state index contributed by atoms with van der Waals surface area (Å²) in [4.78, 5) is 13.2. The van der Waals surface area contributed by atoms with Crippen LogP contribution in [0, 0.1) is 49.7 Å². The molecule has 46 heavy (non-hydrogen) atoms. The van der Waals surface area contributed by atoms with Gasteiger partial charge in [-0.05, 0) is 78.9 Å². The van der Waals surface area contributed by atoms with Gasteiger partial charge in [0.2, 0.25) is 0 Å². The maximum Gasteiger partial charge on any atom is 0.313 e. The molecule has 5 aliphatic carbocycles. The van der Waals surface area contributed by atoms with Gasteiger partial charge in [-0.2, -0.15) is 0 Å². The number of carboxylic acids is 1. The molecule has 5 fully saturated rings. The Bertz CT molecular complexity index is 1270. The lowest BCUT2D eigenvalue weighted by atomic mass is 9.30. The number of allylic oxidation sites excluding steroid dienone is 2. The largest absolute Gasteiger partial charge is 0.481 e. The average Bonchev–Trinajstić information content (AvgIpc) is 2.94. The van der Waals surface area contributed by atoms with E-state index in [1.54, 1.807) is 0 Å². The monoisotopic (exact) mass is 650 g/mol. The van der Waals surface area contributed by atoms with Crippen LogP contribution < -0.4 is 0 Å². The second-order valence-corrected chi connectivity index (χ2v) is 18.2. The molecular formula is C36H58O10. The van der Waals surface area contributed by atoms with E-state index in [1.165, 1.54) is 0 Å². The van der Waals surface area contributed by atoms with Gasteiger partial charge in [0.15, 0.2) is 6.29 Å². The van der Waals surface area contributed by atoms with E-state index in [-0.39, 0.29) is 30.5 Å². The number of aliphatic hydroxyl groups is 6. The molecule has 10 heteroatoms. The van der Waals surface area contributed by atoms with Gasteiger partial charge >= 0.3 is 5.97 Å². The van der Waals surface area contributed by atoms with Crippen molar-refractivity contribution < 1.29 is 50.0 Å². The molecule has 1 saturated heterocycles. The predicted molar refractivity (Wildman–Crippen MR) is 168 cm³/mol. The highest BCUT2D eigenvalue weighted by Crippen LogP contribution is 2.78. The fourth-order valence-corrected chi connectivity index (χ4v) is 13.1. The summed E-state index contributed by atoms with van der Waals surface area (Å²) < 4.78 is 11.9. The number of rotatable bonds is 4. The van der Waals surface area contributed by atoms with Crippen molar-refractivity contribution in [3.8, 4) is 0 Å². The molecule has 262 valence electrons. The number of hydrogen-bond donors (Lipinski definition) is 7. The van der Waals surface area contributed by atoms with E-state index in [0.717, 1.165) is 12.0 Å². The summed E-state index contributed by atoms with van der Waals surface area (Å²) >= 11 is 0. The second kappa shape index (κ2) is 10.7. The minimum Gasteiger partial charge on any atom is -0.481 e. The maximum atomic E-state index is 13.2. The van der Waals surface area contributed by atoms with Gasteiger partial charge in [0.25, 0.3) is 0 Å². The standard InChI is InChI=1S/C36H58O10/c1-30(2)12-13-36(29(43)44)23(40)15-34(6)22(35(36,7)17-30)9-8-21-31(3)11-10-24(46-28-26(42)25(41)20(39)16-45-28)32(4,18-37)27(31)19(38)14-33(21,34)5/h9,19-21,23-28,37-42H,8,10-18H2,1-7H3,(H,43,44)/t19-,20+,21-,23+,24+,25+,26-,27-,28+,31-,32-,33-,34-,35+,36-/m1/s1. The lowest BCUT2D eigenvalue weighted by Crippen LogP contribution is -2.72. The first-order chi connectivity index (χ1) is 21.2. The number of fused-ring (bicyclic) bond motifs is 7. The highest BCUT2D eigenvalue weighted by Gasteiger charge is 2.76. The molecular weight excluding hydrogens is 592 g/mol. The zero-order chi connectivity index (χ0) is 34.0. The lowest BCUT2D eigenvalue weighted by Gasteiger charge is -2.74. The minimum absolute atomic E-state index is 0.0761. The fraction of sp³-hybridized carbons (Fsp3) is 0.917. The Morgan fingerprint density at radius 2 is 1.59 bits per heavy atom. The summed E-state index contributed by atoms with van der Waals surface area (Å²) in [5, 5.41) is 76.9. The van der Waals surface area contributed by atoms with Crippen LogP contribution in [-0.2, 0) is 14.3 Å². The molecule has 0 aromatic rings. The van der Waals surface area contributed by atoms with E-state index < -0.39 is 81.4 Å². The quantitative estimate of drug-likeness (QED) is 0.177. The molecule has 15 atom stereocenters. The second-order valence-electron chi connectivity index (χ2n) is 18.2. The minimum atomic E-state index is -1.46. The van der Waals surface area contributed by atoms with Crippen LogP contribution >= 0.6 is 0 Å². The van der Waals surface area contributed by atoms with E-state index in [9.17, 15) is 40.5 Å². The van der Waals surface area contributed by atoms with Crippen molar-refractivity contribution in [1.82, 2.24) is 0 Å². The number of hydrogen-bond acceptors (Lipinski definition) is 9. The number of aliphatic carboxylic acids is 1. The summed E-state index contributed by atoms with van der Waals surface area (Å²) in [6.45, 7) is 14.6. The molecule has 7 N–H and O–H groups in total. The van der Waals surface area contributed by atoms with Crippen molar-refractivity contribution in [3.05, 3.63) is 11.6 Å². The van der Waals surface area contributed by atoms with Crippen LogP contribution in [0.4, 0.5) is 0 Å². The molecule has 0 spiro atoms.